The highest BCUT2D eigenvalue weighted by Gasteiger charge is 2.28. The Balaban J connectivity index is 1.61. The zero-order valence-electron chi connectivity index (χ0n) is 9.92. The molecule has 0 atom stereocenters. The summed E-state index contributed by atoms with van der Waals surface area (Å²) in [5, 5.41) is 0. The van der Waals surface area contributed by atoms with Crippen LogP contribution in [0.2, 0.25) is 0 Å². The van der Waals surface area contributed by atoms with Crippen LogP contribution in [0.1, 0.15) is 44.9 Å². The molecule has 2 aliphatic carbocycles. The smallest absolute Gasteiger partial charge is 0.0152 e. The maximum Gasteiger partial charge on any atom is 0.0152 e. The molecule has 15 heavy (non-hydrogen) atoms. The van der Waals surface area contributed by atoms with E-state index in [-0.39, 0.29) is 0 Å². The lowest BCUT2D eigenvalue weighted by Crippen LogP contribution is -2.37. The molecule has 0 aromatic carbocycles. The Morgan fingerprint density at radius 3 is 2.20 bits per heavy atom. The standard InChI is InChI=1S/C13H24BrN/c1-15(10-12-7-13(14)8-12)9-11-5-3-2-4-6-11/h11-13H,2-10H2,1H3. The zero-order chi connectivity index (χ0) is 10.7. The fourth-order valence-corrected chi connectivity index (χ4v) is 4.19. The summed E-state index contributed by atoms with van der Waals surface area (Å²) in [6.45, 7) is 2.68. The molecular formula is C13H24BrN. The van der Waals surface area contributed by atoms with Gasteiger partial charge in [0.15, 0.2) is 0 Å². The summed E-state index contributed by atoms with van der Waals surface area (Å²) in [7, 11) is 2.32. The fourth-order valence-electron chi connectivity index (χ4n) is 3.13. The summed E-state index contributed by atoms with van der Waals surface area (Å²) < 4.78 is 0. The summed E-state index contributed by atoms with van der Waals surface area (Å²) in [5.41, 5.74) is 0. The van der Waals surface area contributed by atoms with Crippen LogP contribution < -0.4 is 0 Å². The molecule has 0 aliphatic heterocycles. The van der Waals surface area contributed by atoms with Crippen LogP contribution in [0.3, 0.4) is 0 Å². The van der Waals surface area contributed by atoms with Gasteiger partial charge < -0.3 is 4.90 Å². The van der Waals surface area contributed by atoms with Crippen LogP contribution in [0.4, 0.5) is 0 Å². The lowest BCUT2D eigenvalue weighted by Gasteiger charge is -2.36. The molecule has 0 amide bonds. The van der Waals surface area contributed by atoms with Crippen LogP contribution in [0, 0.1) is 11.8 Å². The largest absolute Gasteiger partial charge is 0.306 e. The molecule has 88 valence electrons. The Morgan fingerprint density at radius 1 is 1.00 bits per heavy atom. The van der Waals surface area contributed by atoms with Gasteiger partial charge in [0.2, 0.25) is 0 Å². The van der Waals surface area contributed by atoms with Gasteiger partial charge >= 0.3 is 0 Å². The van der Waals surface area contributed by atoms with Crippen LogP contribution in [0.5, 0.6) is 0 Å². The maximum absolute atomic E-state index is 3.67. The first-order valence-corrected chi connectivity index (χ1v) is 7.48. The van der Waals surface area contributed by atoms with Crippen molar-refractivity contribution in [2.75, 3.05) is 20.1 Å². The Labute approximate surface area is 103 Å². The summed E-state index contributed by atoms with van der Waals surface area (Å²) in [6, 6.07) is 0. The van der Waals surface area contributed by atoms with Crippen molar-refractivity contribution in [3.05, 3.63) is 0 Å². The van der Waals surface area contributed by atoms with Crippen molar-refractivity contribution in [2.24, 2.45) is 11.8 Å². The van der Waals surface area contributed by atoms with E-state index in [2.05, 4.69) is 27.9 Å². The molecule has 2 heteroatoms. The molecule has 1 nitrogen and oxygen atoms in total. The molecule has 0 heterocycles. The van der Waals surface area contributed by atoms with Crippen LogP contribution in [-0.4, -0.2) is 29.9 Å². The van der Waals surface area contributed by atoms with Gasteiger partial charge in [-0.25, -0.2) is 0 Å². The van der Waals surface area contributed by atoms with Gasteiger partial charge in [-0.05, 0) is 44.6 Å². The Morgan fingerprint density at radius 2 is 1.60 bits per heavy atom. The van der Waals surface area contributed by atoms with E-state index in [1.807, 2.05) is 0 Å². The summed E-state index contributed by atoms with van der Waals surface area (Å²) in [6.07, 6.45) is 10.2. The van der Waals surface area contributed by atoms with Crippen LogP contribution >= 0.6 is 15.9 Å². The highest BCUT2D eigenvalue weighted by molar-refractivity contribution is 9.09. The third-order valence-corrected chi connectivity index (χ3v) is 4.79. The van der Waals surface area contributed by atoms with Crippen LogP contribution in [-0.2, 0) is 0 Å². The van der Waals surface area contributed by atoms with E-state index in [0.717, 1.165) is 16.7 Å². The Hall–Kier alpha value is 0.440. The first-order valence-electron chi connectivity index (χ1n) is 6.56. The second-order valence-corrected chi connectivity index (χ2v) is 6.95. The Bertz CT molecular complexity index is 183. The lowest BCUT2D eigenvalue weighted by atomic mass is 9.84. The number of nitrogens with zero attached hydrogens (tertiary/aromatic N) is 1. The minimum absolute atomic E-state index is 0.825. The van der Waals surface area contributed by atoms with Gasteiger partial charge in [0.1, 0.15) is 0 Å². The van der Waals surface area contributed by atoms with Gasteiger partial charge in [-0.1, -0.05) is 35.2 Å². The van der Waals surface area contributed by atoms with Gasteiger partial charge in [-0.3, -0.25) is 0 Å². The molecular weight excluding hydrogens is 250 g/mol. The summed E-state index contributed by atoms with van der Waals surface area (Å²) in [5.74, 6) is 1.98. The highest BCUT2D eigenvalue weighted by atomic mass is 79.9. The second-order valence-electron chi connectivity index (χ2n) is 5.66. The zero-order valence-corrected chi connectivity index (χ0v) is 11.5. The van der Waals surface area contributed by atoms with Crippen molar-refractivity contribution in [2.45, 2.75) is 49.8 Å². The van der Waals surface area contributed by atoms with Crippen molar-refractivity contribution < 1.29 is 0 Å². The SMILES string of the molecule is CN(CC1CCCCC1)CC1CC(Br)C1. The number of hydrogen-bond acceptors (Lipinski definition) is 1. The van der Waals surface area contributed by atoms with Gasteiger partial charge in [0, 0.05) is 17.9 Å². The van der Waals surface area contributed by atoms with Crippen molar-refractivity contribution in [3.8, 4) is 0 Å². The predicted octanol–water partition coefficient (Wildman–Crippen LogP) is 3.67. The fraction of sp³-hybridized carbons (Fsp3) is 1.00. The van der Waals surface area contributed by atoms with Crippen molar-refractivity contribution in [1.82, 2.24) is 4.90 Å². The Kier molecular flexibility index (Phi) is 4.51. The topological polar surface area (TPSA) is 3.24 Å². The van der Waals surface area contributed by atoms with E-state index in [0.29, 0.717) is 0 Å². The van der Waals surface area contributed by atoms with E-state index < -0.39 is 0 Å². The van der Waals surface area contributed by atoms with E-state index in [9.17, 15) is 0 Å². The van der Waals surface area contributed by atoms with Gasteiger partial charge in [0.25, 0.3) is 0 Å². The highest BCUT2D eigenvalue weighted by Crippen LogP contribution is 2.34. The quantitative estimate of drug-likeness (QED) is 0.707. The summed E-state index contributed by atoms with van der Waals surface area (Å²) in [4.78, 5) is 3.41. The van der Waals surface area contributed by atoms with Crippen LogP contribution in [0.15, 0.2) is 0 Å². The average Bonchev–Trinajstić information content (AvgIpc) is 2.17. The molecule has 2 saturated carbocycles. The number of alkyl halides is 1. The number of halogens is 1. The molecule has 2 aliphatic rings. The van der Waals surface area contributed by atoms with Crippen LogP contribution in [0.25, 0.3) is 0 Å². The maximum atomic E-state index is 3.67. The minimum atomic E-state index is 0.825. The molecule has 0 unspecified atom stereocenters. The van der Waals surface area contributed by atoms with Crippen molar-refractivity contribution >= 4 is 15.9 Å². The molecule has 0 saturated heterocycles. The first kappa shape index (κ1) is 11.9. The molecule has 0 bridgehead atoms. The molecule has 0 N–H and O–H groups in total. The van der Waals surface area contributed by atoms with E-state index in [1.165, 1.54) is 58.0 Å². The molecule has 0 radical (unpaired) electrons. The molecule has 0 aromatic rings. The van der Waals surface area contributed by atoms with Crippen molar-refractivity contribution in [3.63, 3.8) is 0 Å². The number of hydrogen-bond donors (Lipinski definition) is 0. The van der Waals surface area contributed by atoms with Gasteiger partial charge in [-0.15, -0.1) is 0 Å². The minimum Gasteiger partial charge on any atom is -0.306 e. The second kappa shape index (κ2) is 5.67. The molecule has 2 fully saturated rings. The average molecular weight is 274 g/mol. The monoisotopic (exact) mass is 273 g/mol. The van der Waals surface area contributed by atoms with Gasteiger partial charge in [-0.2, -0.15) is 0 Å². The third-order valence-electron chi connectivity index (χ3n) is 4.04. The van der Waals surface area contributed by atoms with E-state index in [4.69, 9.17) is 0 Å². The molecule has 0 spiro atoms. The van der Waals surface area contributed by atoms with Gasteiger partial charge in [0.05, 0.1) is 0 Å². The van der Waals surface area contributed by atoms with E-state index in [1.54, 1.807) is 0 Å². The van der Waals surface area contributed by atoms with Crippen molar-refractivity contribution in [1.29, 1.82) is 0 Å². The molecule has 0 aromatic heterocycles. The van der Waals surface area contributed by atoms with E-state index >= 15 is 0 Å². The predicted molar refractivity (Wildman–Crippen MR) is 69.5 cm³/mol. The molecule has 2 rings (SSSR count). The lowest BCUT2D eigenvalue weighted by molar-refractivity contribution is 0.175. The first-order chi connectivity index (χ1) is 7.24. The number of rotatable bonds is 4. The summed E-state index contributed by atoms with van der Waals surface area (Å²) >= 11 is 3.67. The third kappa shape index (κ3) is 3.74. The normalized spacial score (nSPS) is 33.0.